The van der Waals surface area contributed by atoms with Gasteiger partial charge in [0.2, 0.25) is 0 Å². The Morgan fingerprint density at radius 2 is 2.11 bits per heavy atom. The van der Waals surface area contributed by atoms with Gasteiger partial charge in [0.05, 0.1) is 0 Å². The maximum atomic E-state index is 11.8. The number of likely N-dealkylation sites (N-methyl/N-ethyl adjacent to an activating group) is 1. The summed E-state index contributed by atoms with van der Waals surface area (Å²) in [5, 5.41) is 10.2. The fourth-order valence-corrected chi connectivity index (χ4v) is 1.86. The number of rotatable bonds is 3. The molecule has 1 aromatic heterocycles. The topological polar surface area (TPSA) is 62.5 Å². The van der Waals surface area contributed by atoms with Gasteiger partial charge in [-0.1, -0.05) is 0 Å². The average molecular weight is 246 g/mol. The monoisotopic (exact) mass is 246 g/mol. The van der Waals surface area contributed by atoms with Gasteiger partial charge in [-0.2, -0.15) is 0 Å². The Kier molecular flexibility index (Phi) is 3.06. The van der Waals surface area contributed by atoms with Crippen molar-refractivity contribution in [2.24, 2.45) is 7.05 Å². The van der Waals surface area contributed by atoms with E-state index in [4.69, 9.17) is 5.11 Å². The number of carbonyl (C=O) groups is 1. The van der Waals surface area contributed by atoms with E-state index in [0.717, 1.165) is 11.1 Å². The van der Waals surface area contributed by atoms with Gasteiger partial charge in [-0.3, -0.25) is 9.59 Å². The molecule has 0 aliphatic heterocycles. The van der Waals surface area contributed by atoms with Crippen molar-refractivity contribution < 1.29 is 9.90 Å². The Balaban J connectivity index is 2.48. The van der Waals surface area contributed by atoms with Gasteiger partial charge >= 0.3 is 5.97 Å². The van der Waals surface area contributed by atoms with Gasteiger partial charge in [0, 0.05) is 31.4 Å². The van der Waals surface area contributed by atoms with Crippen molar-refractivity contribution in [3.63, 3.8) is 0 Å². The molecule has 1 aromatic carbocycles. The molecule has 0 unspecified atom stereocenters. The third-order valence-electron chi connectivity index (χ3n) is 2.88. The minimum atomic E-state index is -0.887. The predicted octanol–water partition coefficient (Wildman–Crippen LogP) is 1.06. The van der Waals surface area contributed by atoms with Crippen LogP contribution in [0.4, 0.5) is 5.69 Å². The quantitative estimate of drug-likeness (QED) is 0.879. The number of carboxylic acids is 1. The van der Waals surface area contributed by atoms with E-state index in [1.54, 1.807) is 37.3 Å². The van der Waals surface area contributed by atoms with Crippen LogP contribution in [-0.2, 0) is 11.8 Å². The average Bonchev–Trinajstić information content (AvgIpc) is 2.32. The molecule has 1 N–H and O–H groups in total. The van der Waals surface area contributed by atoms with E-state index in [0.29, 0.717) is 5.39 Å². The number of hydrogen-bond donors (Lipinski definition) is 1. The molecule has 5 nitrogen and oxygen atoms in total. The summed E-state index contributed by atoms with van der Waals surface area (Å²) < 4.78 is 1.52. The number of aryl methyl sites for hydroxylation is 1. The molecule has 18 heavy (non-hydrogen) atoms. The van der Waals surface area contributed by atoms with E-state index < -0.39 is 5.97 Å². The van der Waals surface area contributed by atoms with Crippen LogP contribution in [0.1, 0.15) is 0 Å². The van der Waals surface area contributed by atoms with Gasteiger partial charge in [0.15, 0.2) is 0 Å². The molecule has 2 rings (SSSR count). The Bertz CT molecular complexity index is 661. The Hall–Kier alpha value is -2.30. The third kappa shape index (κ3) is 2.20. The Morgan fingerprint density at radius 1 is 1.39 bits per heavy atom. The van der Waals surface area contributed by atoms with Gasteiger partial charge in [0.25, 0.3) is 5.56 Å². The van der Waals surface area contributed by atoms with Crippen molar-refractivity contribution in [2.75, 3.05) is 18.5 Å². The number of aromatic nitrogens is 1. The minimum absolute atomic E-state index is 0.0556. The second kappa shape index (κ2) is 4.52. The van der Waals surface area contributed by atoms with Crippen molar-refractivity contribution >= 4 is 22.4 Å². The number of fused-ring (bicyclic) bond motifs is 1. The summed E-state index contributed by atoms with van der Waals surface area (Å²) in [4.78, 5) is 24.1. The smallest absolute Gasteiger partial charge is 0.323 e. The molecule has 0 radical (unpaired) electrons. The summed E-state index contributed by atoms with van der Waals surface area (Å²) in [6.45, 7) is -0.0731. The normalized spacial score (nSPS) is 10.6. The lowest BCUT2D eigenvalue weighted by Crippen LogP contribution is -2.25. The van der Waals surface area contributed by atoms with Gasteiger partial charge < -0.3 is 14.6 Å². The van der Waals surface area contributed by atoms with Gasteiger partial charge in [-0.15, -0.1) is 0 Å². The lowest BCUT2D eigenvalue weighted by atomic mass is 10.1. The van der Waals surface area contributed by atoms with Crippen molar-refractivity contribution in [1.29, 1.82) is 0 Å². The second-order valence-electron chi connectivity index (χ2n) is 4.25. The molecular formula is C13H14N2O3. The van der Waals surface area contributed by atoms with Crippen LogP contribution in [-0.4, -0.2) is 29.2 Å². The van der Waals surface area contributed by atoms with E-state index >= 15 is 0 Å². The summed E-state index contributed by atoms with van der Waals surface area (Å²) in [7, 11) is 3.41. The molecular weight excluding hydrogens is 232 g/mol. The van der Waals surface area contributed by atoms with Crippen molar-refractivity contribution in [2.45, 2.75) is 0 Å². The van der Waals surface area contributed by atoms with Crippen molar-refractivity contribution in [1.82, 2.24) is 4.57 Å². The zero-order valence-electron chi connectivity index (χ0n) is 10.3. The molecule has 0 amide bonds. The fraction of sp³-hybridized carbons (Fsp3) is 0.231. The Morgan fingerprint density at radius 3 is 2.78 bits per heavy atom. The van der Waals surface area contributed by atoms with Crippen LogP contribution in [0.25, 0.3) is 10.8 Å². The maximum absolute atomic E-state index is 11.8. The second-order valence-corrected chi connectivity index (χ2v) is 4.25. The summed E-state index contributed by atoms with van der Waals surface area (Å²) in [6, 6.07) is 7.15. The van der Waals surface area contributed by atoms with E-state index in [1.165, 1.54) is 4.57 Å². The number of nitrogens with zero attached hydrogens (tertiary/aromatic N) is 2. The van der Waals surface area contributed by atoms with Crippen LogP contribution in [0.5, 0.6) is 0 Å². The molecule has 0 aliphatic carbocycles. The van der Waals surface area contributed by atoms with Gasteiger partial charge in [-0.05, 0) is 29.7 Å². The first kappa shape index (κ1) is 12.2. The molecule has 0 saturated heterocycles. The summed E-state index contributed by atoms with van der Waals surface area (Å²) in [5.41, 5.74) is 0.720. The zero-order chi connectivity index (χ0) is 13.3. The van der Waals surface area contributed by atoms with Crippen LogP contribution in [0.15, 0.2) is 35.3 Å². The number of benzene rings is 1. The largest absolute Gasteiger partial charge is 0.480 e. The fourth-order valence-electron chi connectivity index (χ4n) is 1.86. The minimum Gasteiger partial charge on any atom is -0.480 e. The van der Waals surface area contributed by atoms with Gasteiger partial charge in [-0.25, -0.2) is 0 Å². The maximum Gasteiger partial charge on any atom is 0.323 e. The third-order valence-corrected chi connectivity index (χ3v) is 2.88. The molecule has 0 fully saturated rings. The highest BCUT2D eigenvalue weighted by Crippen LogP contribution is 2.18. The highest BCUT2D eigenvalue weighted by molar-refractivity contribution is 5.85. The summed E-state index contributed by atoms with van der Waals surface area (Å²) in [6.07, 6.45) is 1.70. The molecule has 0 spiro atoms. The van der Waals surface area contributed by atoms with Crippen LogP contribution >= 0.6 is 0 Å². The first-order valence-corrected chi connectivity index (χ1v) is 5.51. The summed E-state index contributed by atoms with van der Waals surface area (Å²) >= 11 is 0. The zero-order valence-corrected chi connectivity index (χ0v) is 10.3. The molecule has 5 heteroatoms. The molecule has 0 aliphatic rings. The molecule has 0 atom stereocenters. The van der Waals surface area contributed by atoms with Gasteiger partial charge in [0.1, 0.15) is 6.54 Å². The standard InChI is InChI=1S/C13H14N2O3/c1-14-6-5-9-7-10(15(2)8-12(16)17)3-4-11(9)13(14)18/h3-7H,8H2,1-2H3,(H,16,17). The summed E-state index contributed by atoms with van der Waals surface area (Å²) in [5.74, 6) is -0.887. The number of carboxylic acid groups (broad SMARTS) is 1. The van der Waals surface area contributed by atoms with E-state index in [1.807, 2.05) is 12.1 Å². The van der Waals surface area contributed by atoms with Crippen LogP contribution in [0.2, 0.25) is 0 Å². The van der Waals surface area contributed by atoms with Crippen molar-refractivity contribution in [3.05, 3.63) is 40.8 Å². The lowest BCUT2D eigenvalue weighted by Gasteiger charge is -2.17. The first-order chi connectivity index (χ1) is 8.49. The van der Waals surface area contributed by atoms with E-state index in [2.05, 4.69) is 0 Å². The lowest BCUT2D eigenvalue weighted by molar-refractivity contribution is -0.135. The predicted molar refractivity (Wildman–Crippen MR) is 70.1 cm³/mol. The van der Waals surface area contributed by atoms with E-state index in [-0.39, 0.29) is 12.1 Å². The highest BCUT2D eigenvalue weighted by Gasteiger charge is 2.07. The number of aliphatic carboxylic acids is 1. The first-order valence-electron chi connectivity index (χ1n) is 5.51. The Labute approximate surface area is 104 Å². The highest BCUT2D eigenvalue weighted by atomic mass is 16.4. The van der Waals surface area contributed by atoms with Crippen molar-refractivity contribution in [3.8, 4) is 0 Å². The molecule has 0 saturated carbocycles. The number of anilines is 1. The van der Waals surface area contributed by atoms with Crippen LogP contribution < -0.4 is 10.5 Å². The molecule has 94 valence electrons. The number of hydrogen-bond acceptors (Lipinski definition) is 3. The molecule has 2 aromatic rings. The van der Waals surface area contributed by atoms with Crippen LogP contribution in [0.3, 0.4) is 0 Å². The SMILES string of the molecule is CN(CC(=O)O)c1ccc2c(=O)n(C)ccc2c1. The van der Waals surface area contributed by atoms with E-state index in [9.17, 15) is 9.59 Å². The number of pyridine rings is 1. The molecule has 0 bridgehead atoms. The molecule has 1 heterocycles. The van der Waals surface area contributed by atoms with Crippen LogP contribution in [0, 0.1) is 0 Å².